The summed E-state index contributed by atoms with van der Waals surface area (Å²) in [5, 5.41) is 3.98. The summed E-state index contributed by atoms with van der Waals surface area (Å²) < 4.78 is 4.93. The summed E-state index contributed by atoms with van der Waals surface area (Å²) in [5.41, 5.74) is 8.41. The van der Waals surface area contributed by atoms with Gasteiger partial charge in [-0.25, -0.2) is 4.79 Å². The zero-order valence-corrected chi connectivity index (χ0v) is 18.8. The van der Waals surface area contributed by atoms with E-state index < -0.39 is 18.1 Å². The minimum Gasteiger partial charge on any atom is -0.467 e. The maximum absolute atomic E-state index is 12.8. The lowest BCUT2D eigenvalue weighted by Gasteiger charge is -2.39. The number of nitrogens with zero attached hydrogens (tertiary/aromatic N) is 1. The van der Waals surface area contributed by atoms with Crippen LogP contribution in [0.5, 0.6) is 0 Å². The van der Waals surface area contributed by atoms with E-state index in [-0.39, 0.29) is 5.91 Å². The second-order valence-corrected chi connectivity index (χ2v) is 7.95. The Labute approximate surface area is 191 Å². The molecule has 31 heavy (non-hydrogen) atoms. The molecule has 1 amide bonds. The number of fused-ring (bicyclic) bond motifs is 1. The van der Waals surface area contributed by atoms with Crippen LogP contribution in [0.15, 0.2) is 36.4 Å². The number of hydrogen-bond donors (Lipinski definition) is 2. The van der Waals surface area contributed by atoms with Gasteiger partial charge in [-0.3, -0.25) is 4.79 Å². The largest absolute Gasteiger partial charge is 0.467 e. The van der Waals surface area contributed by atoms with Crippen LogP contribution in [0, 0.1) is 11.8 Å². The standard InChI is InChI=1S/C23H23Cl2N3O3/c1-14(29)28(17-8-6-15(7-9-17)5-3-4-10-26)21-13-20(23(30)31-2)27-19-12-16(24)11-18(25)22(19)21/h6-9,11-12,20-21,27H,5,10,13,26H2,1-2H3/t20-,21+/m0/s1. The van der Waals surface area contributed by atoms with E-state index in [4.69, 9.17) is 33.7 Å². The number of carbonyl (C=O) groups excluding carboxylic acids is 2. The number of halogens is 2. The molecule has 0 aromatic heterocycles. The Morgan fingerprint density at radius 3 is 2.55 bits per heavy atom. The lowest BCUT2D eigenvalue weighted by molar-refractivity contribution is -0.142. The second kappa shape index (κ2) is 10.1. The number of benzene rings is 2. The number of esters is 1. The molecule has 0 fully saturated rings. The number of hydrogen-bond acceptors (Lipinski definition) is 5. The number of rotatable bonds is 4. The molecule has 0 radical (unpaired) electrons. The molecule has 0 saturated carbocycles. The second-order valence-electron chi connectivity index (χ2n) is 7.11. The van der Waals surface area contributed by atoms with Gasteiger partial charge < -0.3 is 20.7 Å². The molecule has 0 spiro atoms. The summed E-state index contributed by atoms with van der Waals surface area (Å²) in [6.45, 7) is 1.80. The molecule has 0 bridgehead atoms. The van der Waals surface area contributed by atoms with E-state index in [0.717, 1.165) is 5.56 Å². The van der Waals surface area contributed by atoms with Gasteiger partial charge in [0.05, 0.1) is 19.7 Å². The van der Waals surface area contributed by atoms with Crippen LogP contribution in [0.3, 0.4) is 0 Å². The van der Waals surface area contributed by atoms with Gasteiger partial charge >= 0.3 is 5.97 Å². The van der Waals surface area contributed by atoms with Crippen molar-refractivity contribution in [3.63, 3.8) is 0 Å². The van der Waals surface area contributed by atoms with Crippen molar-refractivity contribution >= 4 is 46.5 Å². The highest BCUT2D eigenvalue weighted by Gasteiger charge is 2.38. The fraction of sp³-hybridized carbons (Fsp3) is 0.304. The van der Waals surface area contributed by atoms with E-state index in [1.165, 1.54) is 14.0 Å². The molecule has 0 unspecified atom stereocenters. The fourth-order valence-electron chi connectivity index (χ4n) is 3.75. The molecule has 3 N–H and O–H groups in total. The van der Waals surface area contributed by atoms with E-state index in [0.29, 0.717) is 46.4 Å². The Kier molecular flexibility index (Phi) is 7.45. The zero-order chi connectivity index (χ0) is 22.5. The van der Waals surface area contributed by atoms with Crippen LogP contribution in [0.4, 0.5) is 11.4 Å². The Morgan fingerprint density at radius 2 is 1.94 bits per heavy atom. The van der Waals surface area contributed by atoms with Crippen LogP contribution in [0.2, 0.25) is 10.0 Å². The normalized spacial score (nSPS) is 16.9. The predicted octanol–water partition coefficient (Wildman–Crippen LogP) is 3.95. The van der Waals surface area contributed by atoms with Gasteiger partial charge in [-0.1, -0.05) is 47.2 Å². The molecule has 2 aromatic carbocycles. The van der Waals surface area contributed by atoms with Crippen LogP contribution in [-0.4, -0.2) is 31.6 Å². The Balaban J connectivity index is 2.03. The van der Waals surface area contributed by atoms with Gasteiger partial charge in [-0.2, -0.15) is 0 Å². The maximum atomic E-state index is 12.8. The number of amides is 1. The van der Waals surface area contributed by atoms with E-state index in [9.17, 15) is 9.59 Å². The quantitative estimate of drug-likeness (QED) is 0.533. The summed E-state index contributed by atoms with van der Waals surface area (Å²) in [6, 6.07) is 9.75. The average Bonchev–Trinajstić information content (AvgIpc) is 2.73. The van der Waals surface area contributed by atoms with Crippen LogP contribution >= 0.6 is 23.2 Å². The van der Waals surface area contributed by atoms with Gasteiger partial charge in [-0.15, -0.1) is 0 Å². The molecule has 1 heterocycles. The third-order valence-electron chi connectivity index (χ3n) is 5.09. The van der Waals surface area contributed by atoms with Crippen LogP contribution < -0.4 is 16.0 Å². The highest BCUT2D eigenvalue weighted by molar-refractivity contribution is 6.35. The molecule has 6 nitrogen and oxygen atoms in total. The summed E-state index contributed by atoms with van der Waals surface area (Å²) in [4.78, 5) is 26.7. The topological polar surface area (TPSA) is 84.7 Å². The molecule has 2 atom stereocenters. The van der Waals surface area contributed by atoms with Crippen molar-refractivity contribution in [2.75, 3.05) is 23.9 Å². The summed E-state index contributed by atoms with van der Waals surface area (Å²) in [6.07, 6.45) is 0.868. The third-order valence-corrected chi connectivity index (χ3v) is 5.62. The van der Waals surface area contributed by atoms with Crippen molar-refractivity contribution in [3.8, 4) is 11.8 Å². The first-order chi connectivity index (χ1) is 14.8. The number of methoxy groups -OCH3 is 1. The number of nitrogens with two attached hydrogens (primary N) is 1. The molecule has 2 aromatic rings. The first-order valence-corrected chi connectivity index (χ1v) is 10.5. The third kappa shape index (κ3) is 5.13. The van der Waals surface area contributed by atoms with Crippen LogP contribution in [0.25, 0.3) is 0 Å². The van der Waals surface area contributed by atoms with Gasteiger partial charge in [0.25, 0.3) is 0 Å². The van der Waals surface area contributed by atoms with Gasteiger partial charge in [-0.05, 0) is 29.8 Å². The lowest BCUT2D eigenvalue weighted by atomic mass is 9.90. The first-order valence-electron chi connectivity index (χ1n) is 9.73. The van der Waals surface area contributed by atoms with Gasteiger partial charge in [0, 0.05) is 46.7 Å². The minimum atomic E-state index is -0.648. The first kappa shape index (κ1) is 23.0. The molecule has 1 aliphatic heterocycles. The molecule has 0 aliphatic carbocycles. The Hall–Kier alpha value is -2.72. The van der Waals surface area contributed by atoms with Crippen molar-refractivity contribution in [1.29, 1.82) is 0 Å². The van der Waals surface area contributed by atoms with Crippen LogP contribution in [-0.2, 0) is 20.7 Å². The molecular weight excluding hydrogens is 437 g/mol. The zero-order valence-electron chi connectivity index (χ0n) is 17.2. The van der Waals surface area contributed by atoms with Gasteiger partial charge in [0.1, 0.15) is 6.04 Å². The van der Waals surface area contributed by atoms with Gasteiger partial charge in [0.2, 0.25) is 5.91 Å². The van der Waals surface area contributed by atoms with E-state index in [1.54, 1.807) is 17.0 Å². The number of nitrogens with one attached hydrogen (secondary N) is 1. The Bertz CT molecular complexity index is 1040. The number of carbonyl (C=O) groups is 2. The van der Waals surface area contributed by atoms with Crippen molar-refractivity contribution in [2.24, 2.45) is 5.73 Å². The number of ether oxygens (including phenoxy) is 1. The highest BCUT2D eigenvalue weighted by atomic mass is 35.5. The highest BCUT2D eigenvalue weighted by Crippen LogP contribution is 2.44. The Morgan fingerprint density at radius 1 is 1.23 bits per heavy atom. The smallest absolute Gasteiger partial charge is 0.328 e. The summed E-state index contributed by atoms with van der Waals surface area (Å²) in [5.74, 6) is 5.22. The molecule has 8 heteroatoms. The summed E-state index contributed by atoms with van der Waals surface area (Å²) >= 11 is 12.7. The molecule has 3 rings (SSSR count). The van der Waals surface area contributed by atoms with Crippen LogP contribution in [0.1, 0.15) is 30.5 Å². The lowest BCUT2D eigenvalue weighted by Crippen LogP contribution is -2.43. The average molecular weight is 460 g/mol. The molecule has 1 aliphatic rings. The minimum absolute atomic E-state index is 0.178. The van der Waals surface area contributed by atoms with E-state index >= 15 is 0 Å². The summed E-state index contributed by atoms with van der Waals surface area (Å²) in [7, 11) is 1.33. The van der Waals surface area contributed by atoms with Gasteiger partial charge in [0.15, 0.2) is 0 Å². The monoisotopic (exact) mass is 459 g/mol. The van der Waals surface area contributed by atoms with Crippen molar-refractivity contribution in [3.05, 3.63) is 57.6 Å². The number of anilines is 2. The molecule has 162 valence electrons. The SMILES string of the molecule is COC(=O)[C@@H]1C[C@@H](N(C(C)=O)c2ccc(CC#CCN)cc2)c2c(Cl)cc(Cl)cc2N1. The molecule has 0 saturated heterocycles. The van der Waals surface area contributed by atoms with E-state index in [1.807, 2.05) is 24.3 Å². The fourth-order valence-corrected chi connectivity index (χ4v) is 4.37. The van der Waals surface area contributed by atoms with Crippen molar-refractivity contribution in [1.82, 2.24) is 0 Å². The predicted molar refractivity (Wildman–Crippen MR) is 123 cm³/mol. The molecular formula is C23H23Cl2N3O3. The van der Waals surface area contributed by atoms with Crippen molar-refractivity contribution in [2.45, 2.75) is 31.8 Å². The van der Waals surface area contributed by atoms with E-state index in [2.05, 4.69) is 17.2 Å². The van der Waals surface area contributed by atoms with Crippen molar-refractivity contribution < 1.29 is 14.3 Å². The maximum Gasteiger partial charge on any atom is 0.328 e.